The van der Waals surface area contributed by atoms with Gasteiger partial charge in [0.1, 0.15) is 18.1 Å². The lowest BCUT2D eigenvalue weighted by atomic mass is 10.2. The minimum atomic E-state index is -4.69. The number of H-pyrrole nitrogens is 1. The zero-order valence-corrected chi connectivity index (χ0v) is 15.4. The van der Waals surface area contributed by atoms with Gasteiger partial charge < -0.3 is 14.5 Å². The summed E-state index contributed by atoms with van der Waals surface area (Å²) in [6, 6.07) is 9.99. The molecule has 0 bridgehead atoms. The van der Waals surface area contributed by atoms with Crippen LogP contribution in [0.4, 0.5) is 18.9 Å². The molecule has 3 aromatic rings. The lowest BCUT2D eigenvalue weighted by molar-refractivity contribution is -0.140. The number of aryl methyl sites for hydroxylation is 1. The molecule has 0 saturated heterocycles. The number of furan rings is 1. The third-order valence-electron chi connectivity index (χ3n) is 3.53. The predicted molar refractivity (Wildman–Crippen MR) is 93.5 cm³/mol. The lowest BCUT2D eigenvalue weighted by Crippen LogP contribution is -2.16. The Morgan fingerprint density at radius 2 is 1.96 bits per heavy atom. The van der Waals surface area contributed by atoms with Crippen LogP contribution in [-0.2, 0) is 12.8 Å². The summed E-state index contributed by atoms with van der Waals surface area (Å²) in [5.74, 6) is -0.00880. The molecular formula is C17H13BrF3N3O3. The van der Waals surface area contributed by atoms with Crippen molar-refractivity contribution in [3.05, 3.63) is 63.8 Å². The van der Waals surface area contributed by atoms with Crippen LogP contribution in [0.2, 0.25) is 0 Å². The van der Waals surface area contributed by atoms with E-state index >= 15 is 0 Å². The van der Waals surface area contributed by atoms with E-state index in [2.05, 4.69) is 31.4 Å². The summed E-state index contributed by atoms with van der Waals surface area (Å²) >= 11 is 3.31. The number of carbonyl (C=O) groups is 1. The van der Waals surface area contributed by atoms with Crippen molar-refractivity contribution in [2.45, 2.75) is 19.7 Å². The number of nitrogens with zero attached hydrogens (tertiary/aromatic N) is 1. The fraction of sp³-hybridized carbons (Fsp3) is 0.176. The number of carbonyl (C=O) groups excluding carboxylic acids is 1. The second kappa shape index (κ2) is 7.47. The molecule has 2 N–H and O–H groups in total. The van der Waals surface area contributed by atoms with E-state index in [9.17, 15) is 18.0 Å². The van der Waals surface area contributed by atoms with E-state index in [1.165, 1.54) is 19.1 Å². The van der Waals surface area contributed by atoms with E-state index in [1.807, 2.05) is 12.1 Å². The summed E-state index contributed by atoms with van der Waals surface area (Å²) in [6.07, 6.45) is -4.69. The number of hydrogen-bond donors (Lipinski definition) is 2. The van der Waals surface area contributed by atoms with Gasteiger partial charge in [-0.2, -0.15) is 18.3 Å². The summed E-state index contributed by atoms with van der Waals surface area (Å²) < 4.78 is 50.6. The first-order valence-electron chi connectivity index (χ1n) is 7.64. The Hall–Kier alpha value is -2.75. The number of rotatable bonds is 5. The molecule has 1 aromatic carbocycles. The van der Waals surface area contributed by atoms with Gasteiger partial charge in [0.15, 0.2) is 11.5 Å². The molecule has 0 spiro atoms. The van der Waals surface area contributed by atoms with Gasteiger partial charge in [-0.25, -0.2) is 0 Å². The zero-order chi connectivity index (χ0) is 19.6. The average molecular weight is 444 g/mol. The molecule has 1 amide bonds. The van der Waals surface area contributed by atoms with Crippen LogP contribution in [0.15, 0.2) is 45.3 Å². The molecule has 0 atom stereocenters. The quantitative estimate of drug-likeness (QED) is 0.586. The maximum absolute atomic E-state index is 12.9. The van der Waals surface area contributed by atoms with Gasteiger partial charge in [0.2, 0.25) is 0 Å². The molecule has 0 saturated carbocycles. The number of amides is 1. The Balaban J connectivity index is 1.67. The highest BCUT2D eigenvalue weighted by atomic mass is 79.9. The molecule has 27 heavy (non-hydrogen) atoms. The summed E-state index contributed by atoms with van der Waals surface area (Å²) in [6.45, 7) is 1.44. The lowest BCUT2D eigenvalue weighted by Gasteiger charge is -2.08. The number of nitrogens with one attached hydrogen (secondary N) is 2. The Labute approximate surface area is 159 Å². The van der Waals surface area contributed by atoms with Crippen LogP contribution in [0, 0.1) is 6.92 Å². The average Bonchev–Trinajstić information content (AvgIpc) is 3.21. The van der Waals surface area contributed by atoms with Crippen molar-refractivity contribution in [3.63, 3.8) is 0 Å². The number of aromatic amines is 1. The Bertz CT molecular complexity index is 948. The standard InChI is InChI=1S/C17H13BrF3N3O3/c1-9-14(15(24-23-9)17(19,20)21)22-16(25)13-7-6-12(27-13)8-26-11-4-2-10(18)3-5-11/h2-7H,8H2,1H3,(H,22,25)(H,23,24). The molecule has 2 heterocycles. The number of anilines is 1. The number of ether oxygens (including phenoxy) is 1. The van der Waals surface area contributed by atoms with Crippen LogP contribution in [0.25, 0.3) is 0 Å². The Morgan fingerprint density at radius 1 is 1.26 bits per heavy atom. The molecule has 142 valence electrons. The number of alkyl halides is 3. The number of hydrogen-bond acceptors (Lipinski definition) is 4. The third kappa shape index (κ3) is 4.51. The van der Waals surface area contributed by atoms with Gasteiger partial charge in [0, 0.05) is 4.47 Å². The second-order valence-electron chi connectivity index (χ2n) is 5.53. The van der Waals surface area contributed by atoms with Gasteiger partial charge in [-0.3, -0.25) is 9.89 Å². The largest absolute Gasteiger partial charge is 0.486 e. The summed E-state index contributed by atoms with van der Waals surface area (Å²) in [5, 5.41) is 7.58. The summed E-state index contributed by atoms with van der Waals surface area (Å²) in [7, 11) is 0. The number of aromatic nitrogens is 2. The van der Waals surface area contributed by atoms with Crippen LogP contribution in [0.5, 0.6) is 5.75 Å². The maximum Gasteiger partial charge on any atom is 0.437 e. The monoisotopic (exact) mass is 443 g/mol. The van der Waals surface area contributed by atoms with E-state index < -0.39 is 23.5 Å². The minimum absolute atomic E-state index is 0.0629. The summed E-state index contributed by atoms with van der Waals surface area (Å²) in [5.41, 5.74) is -1.55. The van der Waals surface area contributed by atoms with Crippen LogP contribution < -0.4 is 10.1 Å². The molecule has 2 aromatic heterocycles. The third-order valence-corrected chi connectivity index (χ3v) is 4.06. The van der Waals surface area contributed by atoms with Crippen molar-refractivity contribution in [2.24, 2.45) is 0 Å². The molecule has 10 heteroatoms. The van der Waals surface area contributed by atoms with E-state index in [0.29, 0.717) is 11.5 Å². The van der Waals surface area contributed by atoms with E-state index in [0.717, 1.165) is 4.47 Å². The van der Waals surface area contributed by atoms with Crippen LogP contribution >= 0.6 is 15.9 Å². The first-order valence-corrected chi connectivity index (χ1v) is 8.44. The zero-order valence-electron chi connectivity index (χ0n) is 13.9. The van der Waals surface area contributed by atoms with E-state index in [-0.39, 0.29) is 18.1 Å². The predicted octanol–water partition coefficient (Wildman–Crippen LogP) is 4.92. The summed E-state index contributed by atoms with van der Waals surface area (Å²) in [4.78, 5) is 12.2. The first-order chi connectivity index (χ1) is 12.7. The molecule has 3 rings (SSSR count). The van der Waals surface area contributed by atoms with Gasteiger partial charge in [-0.05, 0) is 43.3 Å². The van der Waals surface area contributed by atoms with Crippen molar-refractivity contribution in [1.82, 2.24) is 10.2 Å². The minimum Gasteiger partial charge on any atom is -0.486 e. The number of halogens is 4. The Kier molecular flexibility index (Phi) is 5.26. The van der Waals surface area contributed by atoms with Gasteiger partial charge in [0.25, 0.3) is 5.91 Å². The van der Waals surface area contributed by atoms with Crippen LogP contribution in [0.3, 0.4) is 0 Å². The molecule has 0 aliphatic rings. The maximum atomic E-state index is 12.9. The topological polar surface area (TPSA) is 80.2 Å². The molecule has 0 radical (unpaired) electrons. The normalized spacial score (nSPS) is 11.4. The molecule has 0 aliphatic heterocycles. The van der Waals surface area contributed by atoms with Gasteiger partial charge in [0.05, 0.1) is 11.4 Å². The molecule has 6 nitrogen and oxygen atoms in total. The van der Waals surface area contributed by atoms with Gasteiger partial charge >= 0.3 is 6.18 Å². The van der Waals surface area contributed by atoms with Crippen molar-refractivity contribution >= 4 is 27.5 Å². The van der Waals surface area contributed by atoms with Crippen molar-refractivity contribution in [2.75, 3.05) is 5.32 Å². The Morgan fingerprint density at radius 3 is 2.63 bits per heavy atom. The SMILES string of the molecule is Cc1[nH]nc(C(F)(F)F)c1NC(=O)c1ccc(COc2ccc(Br)cc2)o1. The highest BCUT2D eigenvalue weighted by Crippen LogP contribution is 2.34. The second-order valence-corrected chi connectivity index (χ2v) is 6.45. The van der Waals surface area contributed by atoms with Gasteiger partial charge in [-0.1, -0.05) is 15.9 Å². The fourth-order valence-electron chi connectivity index (χ4n) is 2.23. The van der Waals surface area contributed by atoms with Crippen molar-refractivity contribution < 1.29 is 27.1 Å². The highest BCUT2D eigenvalue weighted by Gasteiger charge is 2.38. The van der Waals surface area contributed by atoms with Crippen molar-refractivity contribution in [1.29, 1.82) is 0 Å². The smallest absolute Gasteiger partial charge is 0.437 e. The molecule has 0 unspecified atom stereocenters. The molecule has 0 fully saturated rings. The molecular weight excluding hydrogens is 431 g/mol. The van der Waals surface area contributed by atoms with Crippen LogP contribution in [-0.4, -0.2) is 16.1 Å². The first kappa shape index (κ1) is 19.0. The van der Waals surface area contributed by atoms with E-state index in [4.69, 9.17) is 9.15 Å². The number of benzene rings is 1. The fourth-order valence-corrected chi connectivity index (χ4v) is 2.49. The highest BCUT2D eigenvalue weighted by molar-refractivity contribution is 9.10. The van der Waals surface area contributed by atoms with Crippen LogP contribution in [0.1, 0.15) is 27.7 Å². The van der Waals surface area contributed by atoms with Gasteiger partial charge in [-0.15, -0.1) is 0 Å². The molecule has 0 aliphatic carbocycles. The van der Waals surface area contributed by atoms with E-state index in [1.54, 1.807) is 12.1 Å². The van der Waals surface area contributed by atoms with Crippen molar-refractivity contribution in [3.8, 4) is 5.75 Å².